The number of halogens is 2. The van der Waals surface area contributed by atoms with Crippen LogP contribution in [-0.2, 0) is 13.6 Å². The summed E-state index contributed by atoms with van der Waals surface area (Å²) in [5.74, 6) is 0. The minimum atomic E-state index is 0.191. The van der Waals surface area contributed by atoms with Gasteiger partial charge in [0, 0.05) is 24.7 Å². The van der Waals surface area contributed by atoms with Gasteiger partial charge in [-0.25, -0.2) is 0 Å². The summed E-state index contributed by atoms with van der Waals surface area (Å²) in [5.41, 5.74) is 3.25. The first kappa shape index (κ1) is 14.6. The molecule has 2 rings (SSSR count). The molecule has 19 heavy (non-hydrogen) atoms. The van der Waals surface area contributed by atoms with Crippen LogP contribution in [0.15, 0.2) is 28.7 Å². The predicted molar refractivity (Wildman–Crippen MR) is 82.4 cm³/mol. The standard InChI is InChI=1S/C14H17BrClN3/c1-9(11-6-4-5-7-12(11)16)17-8-13-14(15)10(2)18-19(13)3/h4-7,9,17H,8H2,1-3H3. The Hall–Kier alpha value is -0.840. The molecular weight excluding hydrogens is 326 g/mol. The summed E-state index contributed by atoms with van der Waals surface area (Å²) in [6.45, 7) is 4.84. The van der Waals surface area contributed by atoms with E-state index in [0.717, 1.165) is 33.0 Å². The first-order chi connectivity index (χ1) is 9.00. The zero-order valence-electron chi connectivity index (χ0n) is 11.2. The van der Waals surface area contributed by atoms with E-state index >= 15 is 0 Å². The van der Waals surface area contributed by atoms with Gasteiger partial charge in [0.15, 0.2) is 0 Å². The Kier molecular flexibility index (Phi) is 4.66. The number of hydrogen-bond donors (Lipinski definition) is 1. The van der Waals surface area contributed by atoms with E-state index in [9.17, 15) is 0 Å². The molecule has 102 valence electrons. The van der Waals surface area contributed by atoms with Gasteiger partial charge in [-0.05, 0) is 41.4 Å². The quantitative estimate of drug-likeness (QED) is 0.910. The zero-order valence-corrected chi connectivity index (χ0v) is 13.6. The lowest BCUT2D eigenvalue weighted by Gasteiger charge is -2.16. The molecule has 1 unspecified atom stereocenters. The average molecular weight is 343 g/mol. The molecule has 0 saturated carbocycles. The maximum Gasteiger partial charge on any atom is 0.0739 e. The van der Waals surface area contributed by atoms with E-state index in [0.29, 0.717) is 0 Å². The van der Waals surface area contributed by atoms with Crippen molar-refractivity contribution in [2.45, 2.75) is 26.4 Å². The van der Waals surface area contributed by atoms with Crippen molar-refractivity contribution in [2.75, 3.05) is 0 Å². The van der Waals surface area contributed by atoms with Crippen LogP contribution in [0.25, 0.3) is 0 Å². The van der Waals surface area contributed by atoms with Gasteiger partial charge in [-0.3, -0.25) is 4.68 Å². The Morgan fingerprint density at radius 3 is 2.68 bits per heavy atom. The summed E-state index contributed by atoms with van der Waals surface area (Å²) in [5, 5.41) is 8.65. The average Bonchev–Trinajstić information content (AvgIpc) is 2.61. The molecule has 0 fully saturated rings. The van der Waals surface area contributed by atoms with Gasteiger partial charge in [0.2, 0.25) is 0 Å². The minimum Gasteiger partial charge on any atom is -0.304 e. The van der Waals surface area contributed by atoms with Gasteiger partial charge in [0.25, 0.3) is 0 Å². The second-order valence-electron chi connectivity index (χ2n) is 4.59. The number of benzene rings is 1. The molecule has 3 nitrogen and oxygen atoms in total. The fourth-order valence-electron chi connectivity index (χ4n) is 2.06. The van der Waals surface area contributed by atoms with E-state index < -0.39 is 0 Å². The molecule has 1 N–H and O–H groups in total. The van der Waals surface area contributed by atoms with E-state index in [-0.39, 0.29) is 6.04 Å². The summed E-state index contributed by atoms with van der Waals surface area (Å²) in [6.07, 6.45) is 0. The highest BCUT2D eigenvalue weighted by atomic mass is 79.9. The molecule has 0 aliphatic rings. The largest absolute Gasteiger partial charge is 0.304 e. The number of rotatable bonds is 4. The van der Waals surface area contributed by atoms with Crippen molar-refractivity contribution in [1.29, 1.82) is 0 Å². The molecule has 2 aromatic rings. The first-order valence-electron chi connectivity index (χ1n) is 6.16. The molecule has 0 amide bonds. The fourth-order valence-corrected chi connectivity index (χ4v) is 2.83. The maximum absolute atomic E-state index is 6.20. The highest BCUT2D eigenvalue weighted by Crippen LogP contribution is 2.24. The SMILES string of the molecule is Cc1nn(C)c(CNC(C)c2ccccc2Cl)c1Br. The normalized spacial score (nSPS) is 12.7. The molecule has 1 aromatic heterocycles. The Labute approximate surface area is 127 Å². The molecule has 0 aliphatic heterocycles. The van der Waals surface area contributed by atoms with Gasteiger partial charge in [0.1, 0.15) is 0 Å². The van der Waals surface area contributed by atoms with Crippen molar-refractivity contribution in [3.05, 3.63) is 50.7 Å². The number of nitrogens with zero attached hydrogens (tertiary/aromatic N) is 2. The zero-order chi connectivity index (χ0) is 14.0. The van der Waals surface area contributed by atoms with Gasteiger partial charge in [0.05, 0.1) is 15.9 Å². The van der Waals surface area contributed by atoms with Gasteiger partial charge >= 0.3 is 0 Å². The van der Waals surface area contributed by atoms with Crippen LogP contribution < -0.4 is 5.32 Å². The molecule has 0 saturated heterocycles. The summed E-state index contributed by atoms with van der Waals surface area (Å²) in [6, 6.07) is 8.10. The van der Waals surface area contributed by atoms with Gasteiger partial charge in [-0.2, -0.15) is 5.10 Å². The highest BCUT2D eigenvalue weighted by molar-refractivity contribution is 9.10. The number of aromatic nitrogens is 2. The van der Waals surface area contributed by atoms with E-state index in [1.165, 1.54) is 0 Å². The first-order valence-corrected chi connectivity index (χ1v) is 7.33. The van der Waals surface area contributed by atoms with Gasteiger partial charge < -0.3 is 5.32 Å². The lowest BCUT2D eigenvalue weighted by molar-refractivity contribution is 0.547. The van der Waals surface area contributed by atoms with Crippen LogP contribution in [0.5, 0.6) is 0 Å². The minimum absolute atomic E-state index is 0.191. The Morgan fingerprint density at radius 2 is 2.11 bits per heavy atom. The maximum atomic E-state index is 6.20. The van der Waals surface area contributed by atoms with Gasteiger partial charge in [-0.1, -0.05) is 29.8 Å². The van der Waals surface area contributed by atoms with Crippen LogP contribution in [0.1, 0.15) is 29.9 Å². The van der Waals surface area contributed by atoms with Gasteiger partial charge in [-0.15, -0.1) is 0 Å². The third kappa shape index (κ3) is 3.19. The lowest BCUT2D eigenvalue weighted by Crippen LogP contribution is -2.20. The second kappa shape index (κ2) is 6.07. The second-order valence-corrected chi connectivity index (χ2v) is 5.79. The van der Waals surface area contributed by atoms with E-state index in [1.54, 1.807) is 0 Å². The molecular formula is C14H17BrClN3. The van der Waals surface area contributed by atoms with Crippen molar-refractivity contribution in [3.8, 4) is 0 Å². The smallest absolute Gasteiger partial charge is 0.0739 e. The lowest BCUT2D eigenvalue weighted by atomic mass is 10.1. The van der Waals surface area contributed by atoms with Crippen LogP contribution >= 0.6 is 27.5 Å². The van der Waals surface area contributed by atoms with Crippen LogP contribution in [0, 0.1) is 6.92 Å². The van der Waals surface area contributed by atoms with Crippen LogP contribution in [-0.4, -0.2) is 9.78 Å². The van der Waals surface area contributed by atoms with Crippen LogP contribution in [0.3, 0.4) is 0 Å². The summed E-state index contributed by atoms with van der Waals surface area (Å²) in [7, 11) is 1.95. The number of nitrogens with one attached hydrogen (secondary N) is 1. The van der Waals surface area contributed by atoms with Crippen LogP contribution in [0.4, 0.5) is 0 Å². The molecule has 0 spiro atoms. The third-order valence-corrected chi connectivity index (χ3v) is 4.58. The predicted octanol–water partition coefficient (Wildman–Crippen LogP) is 4.00. The molecule has 1 heterocycles. The molecule has 1 aromatic carbocycles. The van der Waals surface area contributed by atoms with Crippen molar-refractivity contribution in [3.63, 3.8) is 0 Å². The summed E-state index contributed by atoms with van der Waals surface area (Å²) in [4.78, 5) is 0. The monoisotopic (exact) mass is 341 g/mol. The van der Waals surface area contributed by atoms with Crippen molar-refractivity contribution in [1.82, 2.24) is 15.1 Å². The number of hydrogen-bond acceptors (Lipinski definition) is 2. The topological polar surface area (TPSA) is 29.9 Å². The van der Waals surface area contributed by atoms with E-state index in [1.807, 2.05) is 42.9 Å². The molecule has 0 bridgehead atoms. The molecule has 1 atom stereocenters. The van der Waals surface area contributed by atoms with Crippen molar-refractivity contribution in [2.24, 2.45) is 7.05 Å². The van der Waals surface area contributed by atoms with Crippen LogP contribution in [0.2, 0.25) is 5.02 Å². The Balaban J connectivity index is 2.09. The number of aryl methyl sites for hydroxylation is 2. The van der Waals surface area contributed by atoms with E-state index in [2.05, 4.69) is 33.3 Å². The van der Waals surface area contributed by atoms with E-state index in [4.69, 9.17) is 11.6 Å². The molecule has 0 radical (unpaired) electrons. The summed E-state index contributed by atoms with van der Waals surface area (Å²) < 4.78 is 2.96. The summed E-state index contributed by atoms with van der Waals surface area (Å²) >= 11 is 9.77. The Bertz CT molecular complexity index is 580. The molecule has 5 heteroatoms. The molecule has 0 aliphatic carbocycles. The Morgan fingerprint density at radius 1 is 1.42 bits per heavy atom. The third-order valence-electron chi connectivity index (χ3n) is 3.21. The van der Waals surface area contributed by atoms with Crippen molar-refractivity contribution < 1.29 is 0 Å². The highest BCUT2D eigenvalue weighted by Gasteiger charge is 2.13. The fraction of sp³-hybridized carbons (Fsp3) is 0.357. The van der Waals surface area contributed by atoms with Crippen molar-refractivity contribution >= 4 is 27.5 Å².